The third-order valence-electron chi connectivity index (χ3n) is 2.45. The first-order valence-corrected chi connectivity index (χ1v) is 5.84. The third-order valence-corrected chi connectivity index (χ3v) is 3.22. The highest BCUT2D eigenvalue weighted by Crippen LogP contribution is 2.31. The van der Waals surface area contributed by atoms with Gasteiger partial charge in [-0.25, -0.2) is 13.9 Å². The Hall–Kier alpha value is -1.90. The lowest BCUT2D eigenvalue weighted by molar-refractivity contribution is -0.137. The average Bonchev–Trinajstić information content (AvgIpc) is 2.81. The van der Waals surface area contributed by atoms with Crippen molar-refractivity contribution < 1.29 is 27.5 Å². The van der Waals surface area contributed by atoms with Gasteiger partial charge in [0.1, 0.15) is 5.69 Å². The molecule has 0 aliphatic rings. The van der Waals surface area contributed by atoms with E-state index in [0.29, 0.717) is 17.1 Å². The molecule has 1 aromatic heterocycles. The first kappa shape index (κ1) is 14.5. The summed E-state index contributed by atoms with van der Waals surface area (Å²) in [4.78, 5) is 10.8. The van der Waals surface area contributed by atoms with Gasteiger partial charge in [-0.05, 0) is 28.1 Å². The van der Waals surface area contributed by atoms with Crippen molar-refractivity contribution in [1.29, 1.82) is 0 Å². The maximum atomic E-state index is 14.0. The van der Waals surface area contributed by atoms with Crippen LogP contribution in [0.5, 0.6) is 0 Å². The van der Waals surface area contributed by atoms with Crippen molar-refractivity contribution in [3.8, 4) is 5.69 Å². The summed E-state index contributed by atoms with van der Waals surface area (Å²) in [5, 5.41) is 12.2. The lowest BCUT2D eigenvalue weighted by Gasteiger charge is -2.07. The molecule has 2 rings (SSSR count). The topological polar surface area (TPSA) is 55.1 Å². The van der Waals surface area contributed by atoms with Crippen molar-refractivity contribution in [2.75, 3.05) is 0 Å². The number of nitrogens with zero attached hydrogens (tertiary/aromatic N) is 2. The normalized spacial score (nSPS) is 11.7. The van der Waals surface area contributed by atoms with Crippen LogP contribution in [-0.2, 0) is 6.18 Å². The molecular formula is C11H5BrF4N2O2. The molecule has 0 atom stereocenters. The molecule has 0 fully saturated rings. The summed E-state index contributed by atoms with van der Waals surface area (Å²) in [5.74, 6) is -2.37. The van der Waals surface area contributed by atoms with Crippen molar-refractivity contribution >= 4 is 21.9 Å². The second-order valence-corrected chi connectivity index (χ2v) is 4.53. The number of rotatable bonds is 2. The molecule has 0 aliphatic heterocycles. The summed E-state index contributed by atoms with van der Waals surface area (Å²) >= 11 is 2.76. The minimum Gasteiger partial charge on any atom is -0.478 e. The van der Waals surface area contributed by atoms with Gasteiger partial charge in [-0.15, -0.1) is 0 Å². The molecular weight excluding hydrogens is 348 g/mol. The number of halogens is 5. The Morgan fingerprint density at radius 1 is 1.35 bits per heavy atom. The van der Waals surface area contributed by atoms with Crippen LogP contribution in [0.1, 0.15) is 15.9 Å². The van der Waals surface area contributed by atoms with E-state index < -0.39 is 23.5 Å². The molecule has 0 bridgehead atoms. The highest BCUT2D eigenvalue weighted by molar-refractivity contribution is 9.10. The number of carboxylic acids is 1. The molecule has 1 aromatic carbocycles. The van der Waals surface area contributed by atoms with E-state index in [0.717, 1.165) is 12.1 Å². The fourth-order valence-electron chi connectivity index (χ4n) is 1.48. The van der Waals surface area contributed by atoms with Gasteiger partial charge in [0.05, 0.1) is 21.8 Å². The number of carboxylic acid groups (broad SMARTS) is 1. The Bertz CT molecular complexity index is 682. The second kappa shape index (κ2) is 4.89. The van der Waals surface area contributed by atoms with Gasteiger partial charge in [0, 0.05) is 6.20 Å². The van der Waals surface area contributed by atoms with E-state index in [1.54, 1.807) is 0 Å². The number of hydrogen-bond donors (Lipinski definition) is 1. The lowest BCUT2D eigenvalue weighted by atomic mass is 10.2. The van der Waals surface area contributed by atoms with Gasteiger partial charge in [-0.3, -0.25) is 0 Å². The zero-order valence-corrected chi connectivity index (χ0v) is 11.0. The van der Waals surface area contributed by atoms with E-state index in [1.165, 1.54) is 0 Å². The second-order valence-electron chi connectivity index (χ2n) is 3.74. The molecule has 2 aromatic rings. The van der Waals surface area contributed by atoms with Crippen molar-refractivity contribution in [1.82, 2.24) is 9.78 Å². The van der Waals surface area contributed by atoms with E-state index in [9.17, 15) is 22.4 Å². The van der Waals surface area contributed by atoms with Gasteiger partial charge < -0.3 is 5.11 Å². The Balaban J connectivity index is 2.52. The van der Waals surface area contributed by atoms with Gasteiger partial charge in [0.2, 0.25) is 0 Å². The summed E-state index contributed by atoms with van der Waals surface area (Å²) in [5.41, 5.74) is -1.66. The summed E-state index contributed by atoms with van der Waals surface area (Å²) in [6.45, 7) is 0. The van der Waals surface area contributed by atoms with Gasteiger partial charge in [-0.1, -0.05) is 0 Å². The van der Waals surface area contributed by atoms with Crippen LogP contribution in [-0.4, -0.2) is 20.9 Å². The van der Waals surface area contributed by atoms with Crippen LogP contribution in [0.4, 0.5) is 17.6 Å². The molecule has 1 N–H and O–H groups in total. The molecule has 0 saturated carbocycles. The lowest BCUT2D eigenvalue weighted by Crippen LogP contribution is -2.05. The molecule has 0 spiro atoms. The van der Waals surface area contributed by atoms with Crippen LogP contribution in [0.2, 0.25) is 0 Å². The first-order chi connectivity index (χ1) is 9.21. The van der Waals surface area contributed by atoms with Crippen molar-refractivity contribution in [3.05, 3.63) is 45.9 Å². The fraction of sp³-hybridized carbons (Fsp3) is 0.0909. The van der Waals surface area contributed by atoms with Gasteiger partial charge in [-0.2, -0.15) is 18.3 Å². The fourth-order valence-corrected chi connectivity index (χ4v) is 1.99. The molecule has 0 aliphatic carbocycles. The Morgan fingerprint density at radius 2 is 2.00 bits per heavy atom. The first-order valence-electron chi connectivity index (χ1n) is 5.05. The van der Waals surface area contributed by atoms with Crippen molar-refractivity contribution in [3.63, 3.8) is 0 Å². The number of hydrogen-bond acceptors (Lipinski definition) is 2. The average molecular weight is 353 g/mol. The van der Waals surface area contributed by atoms with Crippen LogP contribution in [0, 0.1) is 5.82 Å². The van der Waals surface area contributed by atoms with Crippen LogP contribution in [0.15, 0.2) is 29.0 Å². The maximum Gasteiger partial charge on any atom is 0.419 e. The molecule has 0 amide bonds. The zero-order valence-electron chi connectivity index (χ0n) is 9.45. The quantitative estimate of drug-likeness (QED) is 0.841. The highest BCUT2D eigenvalue weighted by atomic mass is 79.9. The Kier molecular flexibility index (Phi) is 3.55. The molecule has 106 valence electrons. The number of alkyl halides is 3. The predicted molar refractivity (Wildman–Crippen MR) is 63.2 cm³/mol. The predicted octanol–water partition coefficient (Wildman–Crippen LogP) is 3.49. The number of aromatic nitrogens is 2. The molecule has 0 unspecified atom stereocenters. The van der Waals surface area contributed by atoms with E-state index in [1.807, 2.05) is 0 Å². The van der Waals surface area contributed by atoms with Gasteiger partial charge >= 0.3 is 12.1 Å². The summed E-state index contributed by atoms with van der Waals surface area (Å²) in [6.07, 6.45) is -3.42. The Morgan fingerprint density at radius 3 is 2.50 bits per heavy atom. The summed E-state index contributed by atoms with van der Waals surface area (Å²) in [6, 6.07) is 2.11. The van der Waals surface area contributed by atoms with E-state index >= 15 is 0 Å². The highest BCUT2D eigenvalue weighted by Gasteiger charge is 2.32. The minimum atomic E-state index is -4.59. The third kappa shape index (κ3) is 2.53. The maximum absolute atomic E-state index is 14.0. The standard InChI is InChI=1S/C11H5BrF4N2O2/c12-8-6(10(19)20)1-2-7(9(8)13)18-4-5(3-17-18)11(14,15)16/h1-4H,(H,19,20). The minimum absolute atomic E-state index is 0.294. The molecule has 0 radical (unpaired) electrons. The van der Waals surface area contributed by atoms with Crippen molar-refractivity contribution in [2.24, 2.45) is 0 Å². The SMILES string of the molecule is O=C(O)c1ccc(-n2cc(C(F)(F)F)cn2)c(F)c1Br. The zero-order chi connectivity index (χ0) is 15.1. The number of carbonyl (C=O) groups is 1. The van der Waals surface area contributed by atoms with E-state index in [-0.39, 0.29) is 15.7 Å². The smallest absolute Gasteiger partial charge is 0.419 e. The van der Waals surface area contributed by atoms with Crippen LogP contribution in [0.3, 0.4) is 0 Å². The largest absolute Gasteiger partial charge is 0.478 e. The number of aromatic carboxylic acids is 1. The van der Waals surface area contributed by atoms with Gasteiger partial charge in [0.15, 0.2) is 5.82 Å². The molecule has 1 heterocycles. The van der Waals surface area contributed by atoms with Gasteiger partial charge in [0.25, 0.3) is 0 Å². The molecule has 0 saturated heterocycles. The molecule has 4 nitrogen and oxygen atoms in total. The molecule has 9 heteroatoms. The van der Waals surface area contributed by atoms with Crippen LogP contribution in [0.25, 0.3) is 5.69 Å². The van der Waals surface area contributed by atoms with Crippen LogP contribution >= 0.6 is 15.9 Å². The Labute approximate surface area is 117 Å². The molecule has 20 heavy (non-hydrogen) atoms. The van der Waals surface area contributed by atoms with Crippen LogP contribution < -0.4 is 0 Å². The van der Waals surface area contributed by atoms with E-state index in [4.69, 9.17) is 5.11 Å². The van der Waals surface area contributed by atoms with Crippen molar-refractivity contribution in [2.45, 2.75) is 6.18 Å². The number of benzene rings is 1. The summed E-state index contributed by atoms with van der Waals surface area (Å²) < 4.78 is 51.6. The summed E-state index contributed by atoms with van der Waals surface area (Å²) in [7, 11) is 0. The monoisotopic (exact) mass is 352 g/mol. The van der Waals surface area contributed by atoms with E-state index in [2.05, 4.69) is 21.0 Å².